The topological polar surface area (TPSA) is 43.8 Å². The Morgan fingerprint density at radius 1 is 1.21 bits per heavy atom. The molecule has 2 N–H and O–H groups in total. The molecule has 0 amide bonds. The van der Waals surface area contributed by atoms with Crippen LogP contribution in [-0.2, 0) is 0 Å². The molecule has 0 saturated heterocycles. The third-order valence-electron chi connectivity index (χ3n) is 3.19. The molecule has 1 aromatic heterocycles. The number of fused-ring (bicyclic) bond motifs is 1. The highest BCUT2D eigenvalue weighted by atomic mass is 32.1. The second-order valence-corrected chi connectivity index (χ2v) is 4.92. The minimum Gasteiger partial charge on any atom is -0.389 e. The van der Waals surface area contributed by atoms with E-state index in [0.717, 1.165) is 27.7 Å². The molecule has 0 saturated carbocycles. The molecule has 3 nitrogen and oxygen atoms in total. The van der Waals surface area contributed by atoms with Crippen molar-refractivity contribution in [1.29, 1.82) is 0 Å². The number of aryl methyl sites for hydroxylation is 1. The molecule has 94 valence electrons. The van der Waals surface area contributed by atoms with E-state index in [0.29, 0.717) is 4.99 Å². The fraction of sp³-hybridized carbons (Fsp3) is 0.0667. The summed E-state index contributed by atoms with van der Waals surface area (Å²) in [5.74, 6) is 0. The van der Waals surface area contributed by atoms with Crippen LogP contribution in [0, 0.1) is 6.92 Å². The van der Waals surface area contributed by atoms with E-state index < -0.39 is 0 Å². The van der Waals surface area contributed by atoms with Gasteiger partial charge in [0.15, 0.2) is 0 Å². The van der Waals surface area contributed by atoms with E-state index in [9.17, 15) is 0 Å². The van der Waals surface area contributed by atoms with Gasteiger partial charge in [-0.15, -0.1) is 0 Å². The van der Waals surface area contributed by atoms with Gasteiger partial charge in [-0.3, -0.25) is 0 Å². The Hall–Kier alpha value is -2.20. The number of hydrogen-bond donors (Lipinski definition) is 1. The zero-order valence-corrected chi connectivity index (χ0v) is 11.3. The average molecular weight is 267 g/mol. The van der Waals surface area contributed by atoms with Crippen LogP contribution in [0.2, 0.25) is 0 Å². The van der Waals surface area contributed by atoms with Crippen LogP contribution in [0.1, 0.15) is 11.1 Å². The van der Waals surface area contributed by atoms with Crippen molar-refractivity contribution >= 4 is 28.1 Å². The van der Waals surface area contributed by atoms with Crippen LogP contribution < -0.4 is 5.73 Å². The van der Waals surface area contributed by atoms with Crippen molar-refractivity contribution in [3.63, 3.8) is 0 Å². The maximum atomic E-state index is 5.65. The first-order chi connectivity index (χ1) is 9.16. The third kappa shape index (κ3) is 2.00. The monoisotopic (exact) mass is 267 g/mol. The third-order valence-corrected chi connectivity index (χ3v) is 3.42. The molecule has 0 bridgehead atoms. The molecule has 0 aliphatic carbocycles. The van der Waals surface area contributed by atoms with Gasteiger partial charge in [-0.2, -0.15) is 5.10 Å². The second-order valence-electron chi connectivity index (χ2n) is 4.48. The van der Waals surface area contributed by atoms with Gasteiger partial charge in [0.05, 0.1) is 17.4 Å². The summed E-state index contributed by atoms with van der Waals surface area (Å²) in [7, 11) is 0. The summed E-state index contributed by atoms with van der Waals surface area (Å²) in [6, 6.07) is 14.1. The van der Waals surface area contributed by atoms with Gasteiger partial charge < -0.3 is 5.73 Å². The molecule has 1 heterocycles. The van der Waals surface area contributed by atoms with Gasteiger partial charge in [0.2, 0.25) is 0 Å². The van der Waals surface area contributed by atoms with E-state index >= 15 is 0 Å². The molecule has 0 aliphatic rings. The highest BCUT2D eigenvalue weighted by Gasteiger charge is 2.08. The summed E-state index contributed by atoms with van der Waals surface area (Å²) < 4.78 is 1.94. The number of hydrogen-bond acceptors (Lipinski definition) is 2. The number of rotatable bonds is 2. The fourth-order valence-electron chi connectivity index (χ4n) is 2.21. The zero-order valence-electron chi connectivity index (χ0n) is 10.5. The minimum absolute atomic E-state index is 0.417. The predicted octanol–water partition coefficient (Wildman–Crippen LogP) is 2.97. The van der Waals surface area contributed by atoms with Gasteiger partial charge in [-0.05, 0) is 36.8 Å². The molecule has 4 heteroatoms. The Balaban J connectivity index is 2.19. The summed E-state index contributed by atoms with van der Waals surface area (Å²) in [4.78, 5) is 0.417. The quantitative estimate of drug-likeness (QED) is 0.726. The second kappa shape index (κ2) is 4.48. The van der Waals surface area contributed by atoms with E-state index in [1.807, 2.05) is 48.1 Å². The maximum Gasteiger partial charge on any atom is 0.103 e. The number of thiocarbonyl (C=S) groups is 1. The van der Waals surface area contributed by atoms with Crippen molar-refractivity contribution in [1.82, 2.24) is 9.78 Å². The normalized spacial score (nSPS) is 10.8. The van der Waals surface area contributed by atoms with Gasteiger partial charge in [0.1, 0.15) is 4.99 Å². The van der Waals surface area contributed by atoms with Crippen LogP contribution in [0.4, 0.5) is 0 Å². The Bertz CT molecular complexity index is 774. The van der Waals surface area contributed by atoms with E-state index in [2.05, 4.69) is 17.2 Å². The highest BCUT2D eigenvalue weighted by molar-refractivity contribution is 7.80. The lowest BCUT2D eigenvalue weighted by molar-refractivity contribution is 0.902. The lowest BCUT2D eigenvalue weighted by Crippen LogP contribution is -2.10. The smallest absolute Gasteiger partial charge is 0.103 e. The Morgan fingerprint density at radius 3 is 2.74 bits per heavy atom. The van der Waals surface area contributed by atoms with E-state index in [-0.39, 0.29) is 0 Å². The van der Waals surface area contributed by atoms with Crippen LogP contribution in [0.15, 0.2) is 48.7 Å². The SMILES string of the molecule is Cc1cc(C(N)=S)ccc1-n1ncc2ccccc21. The summed E-state index contributed by atoms with van der Waals surface area (Å²) in [6.45, 7) is 2.04. The Kier molecular flexibility index (Phi) is 2.80. The van der Waals surface area contributed by atoms with Crippen LogP contribution in [0.25, 0.3) is 16.6 Å². The molecule has 0 unspecified atom stereocenters. The number of nitrogens with zero attached hydrogens (tertiary/aromatic N) is 2. The molecule has 0 radical (unpaired) electrons. The van der Waals surface area contributed by atoms with Crippen molar-refractivity contribution in [2.75, 3.05) is 0 Å². The molecular weight excluding hydrogens is 254 g/mol. The molecule has 3 aromatic rings. The zero-order chi connectivity index (χ0) is 13.4. The Labute approximate surface area is 116 Å². The van der Waals surface area contributed by atoms with Crippen LogP contribution in [0.3, 0.4) is 0 Å². The van der Waals surface area contributed by atoms with Crippen molar-refractivity contribution in [2.45, 2.75) is 6.92 Å². The summed E-state index contributed by atoms with van der Waals surface area (Å²) >= 11 is 5.00. The molecule has 19 heavy (non-hydrogen) atoms. The van der Waals surface area contributed by atoms with E-state index in [1.54, 1.807) is 0 Å². The minimum atomic E-state index is 0.417. The molecule has 0 aliphatic heterocycles. The van der Waals surface area contributed by atoms with E-state index in [4.69, 9.17) is 18.0 Å². The summed E-state index contributed by atoms with van der Waals surface area (Å²) in [5.41, 5.74) is 9.76. The maximum absolute atomic E-state index is 5.65. The molecule has 0 fully saturated rings. The van der Waals surface area contributed by atoms with Crippen molar-refractivity contribution in [2.24, 2.45) is 5.73 Å². The lowest BCUT2D eigenvalue weighted by atomic mass is 10.1. The number of para-hydroxylation sites is 1. The molecule has 2 aromatic carbocycles. The first-order valence-corrected chi connectivity index (χ1v) is 6.41. The average Bonchev–Trinajstić information content (AvgIpc) is 2.82. The standard InChI is InChI=1S/C15H13N3S/c1-10-8-11(15(16)19)6-7-13(10)18-14-5-3-2-4-12(14)9-17-18/h2-9H,1H3,(H2,16,19). The van der Waals surface area contributed by atoms with Gasteiger partial charge >= 0.3 is 0 Å². The number of nitrogens with two attached hydrogens (primary N) is 1. The van der Waals surface area contributed by atoms with Gasteiger partial charge in [-0.25, -0.2) is 4.68 Å². The van der Waals surface area contributed by atoms with Crippen LogP contribution >= 0.6 is 12.2 Å². The Morgan fingerprint density at radius 2 is 2.00 bits per heavy atom. The summed E-state index contributed by atoms with van der Waals surface area (Å²) in [5, 5.41) is 5.58. The molecular formula is C15H13N3S. The fourth-order valence-corrected chi connectivity index (χ4v) is 2.34. The van der Waals surface area contributed by atoms with Crippen LogP contribution in [0.5, 0.6) is 0 Å². The first kappa shape index (κ1) is 11.9. The van der Waals surface area contributed by atoms with Gasteiger partial charge in [-0.1, -0.05) is 30.4 Å². The van der Waals surface area contributed by atoms with E-state index in [1.165, 1.54) is 0 Å². The highest BCUT2D eigenvalue weighted by Crippen LogP contribution is 2.21. The van der Waals surface area contributed by atoms with Crippen molar-refractivity contribution < 1.29 is 0 Å². The largest absolute Gasteiger partial charge is 0.389 e. The molecule has 0 spiro atoms. The lowest BCUT2D eigenvalue weighted by Gasteiger charge is -2.09. The first-order valence-electron chi connectivity index (χ1n) is 6.00. The molecule has 3 rings (SSSR count). The van der Waals surface area contributed by atoms with Crippen LogP contribution in [-0.4, -0.2) is 14.8 Å². The number of aromatic nitrogens is 2. The van der Waals surface area contributed by atoms with Gasteiger partial charge in [0.25, 0.3) is 0 Å². The summed E-state index contributed by atoms with van der Waals surface area (Å²) in [6.07, 6.45) is 1.87. The van der Waals surface area contributed by atoms with Crippen molar-refractivity contribution in [3.05, 3.63) is 59.8 Å². The number of benzene rings is 2. The molecule has 0 atom stereocenters. The van der Waals surface area contributed by atoms with Crippen molar-refractivity contribution in [3.8, 4) is 5.69 Å². The predicted molar refractivity (Wildman–Crippen MR) is 81.7 cm³/mol. The van der Waals surface area contributed by atoms with Gasteiger partial charge in [0, 0.05) is 10.9 Å².